The molecule has 8 heteroatoms. The highest BCUT2D eigenvalue weighted by atomic mass is 35.5. The summed E-state index contributed by atoms with van der Waals surface area (Å²) < 4.78 is 27.7. The lowest BCUT2D eigenvalue weighted by atomic mass is 10.2. The molecule has 30 heavy (non-hydrogen) atoms. The van der Waals surface area contributed by atoms with Gasteiger partial charge in [-0.1, -0.05) is 66.2 Å². The molecule has 3 aromatic rings. The molecule has 0 atom stereocenters. The van der Waals surface area contributed by atoms with Crippen molar-refractivity contribution in [2.24, 2.45) is 5.10 Å². The highest BCUT2D eigenvalue weighted by molar-refractivity contribution is 7.92. The van der Waals surface area contributed by atoms with Crippen LogP contribution in [0.4, 0.5) is 5.69 Å². The number of amides is 1. The minimum atomic E-state index is -3.92. The van der Waals surface area contributed by atoms with Crippen LogP contribution in [0.25, 0.3) is 6.08 Å². The number of benzene rings is 3. The van der Waals surface area contributed by atoms with Crippen molar-refractivity contribution in [2.75, 3.05) is 4.72 Å². The number of anilines is 1. The normalized spacial score (nSPS) is 11.6. The van der Waals surface area contributed by atoms with Crippen molar-refractivity contribution in [3.63, 3.8) is 0 Å². The Hall–Kier alpha value is -3.42. The molecule has 0 saturated carbocycles. The summed E-state index contributed by atoms with van der Waals surface area (Å²) in [5.41, 5.74) is 3.77. The fourth-order valence-electron chi connectivity index (χ4n) is 2.47. The number of hydrogen-bond acceptors (Lipinski definition) is 4. The SMILES string of the molecule is O=C(N/N=C/C=C/c1ccccc1)c1cccc(S(=O)(=O)Nc2ccccc2Cl)c1. The van der Waals surface area contributed by atoms with Gasteiger partial charge in [-0.3, -0.25) is 9.52 Å². The van der Waals surface area contributed by atoms with E-state index in [4.69, 9.17) is 11.6 Å². The Labute approximate surface area is 180 Å². The van der Waals surface area contributed by atoms with Crippen LogP contribution < -0.4 is 10.1 Å². The number of para-hydroxylation sites is 1. The third-order valence-corrected chi connectivity index (χ3v) is 5.63. The zero-order valence-corrected chi connectivity index (χ0v) is 17.3. The van der Waals surface area contributed by atoms with E-state index in [0.29, 0.717) is 0 Å². The monoisotopic (exact) mass is 439 g/mol. The first-order valence-electron chi connectivity index (χ1n) is 8.88. The number of rotatable bonds is 7. The van der Waals surface area contributed by atoms with Crippen molar-refractivity contribution in [1.82, 2.24) is 5.43 Å². The summed E-state index contributed by atoms with van der Waals surface area (Å²) in [4.78, 5) is 12.2. The van der Waals surface area contributed by atoms with Crippen molar-refractivity contribution in [3.05, 3.63) is 101 Å². The third kappa shape index (κ3) is 5.79. The van der Waals surface area contributed by atoms with Gasteiger partial charge in [0.25, 0.3) is 15.9 Å². The number of halogens is 1. The zero-order valence-electron chi connectivity index (χ0n) is 15.7. The minimum Gasteiger partial charge on any atom is -0.278 e. The van der Waals surface area contributed by atoms with Gasteiger partial charge in [0.1, 0.15) is 0 Å². The van der Waals surface area contributed by atoms with Crippen LogP contribution in [0.2, 0.25) is 5.02 Å². The molecule has 0 saturated heterocycles. The van der Waals surface area contributed by atoms with Crippen LogP contribution in [0.5, 0.6) is 0 Å². The van der Waals surface area contributed by atoms with Gasteiger partial charge in [0.15, 0.2) is 0 Å². The van der Waals surface area contributed by atoms with Gasteiger partial charge < -0.3 is 0 Å². The molecule has 0 unspecified atom stereocenters. The summed E-state index contributed by atoms with van der Waals surface area (Å²) in [5.74, 6) is -0.533. The molecular formula is C22H18ClN3O3S. The van der Waals surface area contributed by atoms with Crippen LogP contribution >= 0.6 is 11.6 Å². The maximum Gasteiger partial charge on any atom is 0.271 e. The molecule has 152 valence electrons. The average molecular weight is 440 g/mol. The summed E-state index contributed by atoms with van der Waals surface area (Å²) >= 11 is 6.01. The zero-order chi connectivity index (χ0) is 21.4. The molecule has 0 aromatic heterocycles. The van der Waals surface area contributed by atoms with E-state index in [2.05, 4.69) is 15.2 Å². The van der Waals surface area contributed by atoms with Crippen molar-refractivity contribution in [2.45, 2.75) is 4.90 Å². The number of sulfonamides is 1. The van der Waals surface area contributed by atoms with E-state index in [1.54, 1.807) is 30.3 Å². The smallest absolute Gasteiger partial charge is 0.271 e. The molecule has 6 nitrogen and oxygen atoms in total. The van der Waals surface area contributed by atoms with E-state index in [9.17, 15) is 13.2 Å². The summed E-state index contributed by atoms with van der Waals surface area (Å²) in [6.07, 6.45) is 4.96. The molecule has 3 aromatic carbocycles. The molecular weight excluding hydrogens is 422 g/mol. The third-order valence-electron chi connectivity index (χ3n) is 3.94. The number of nitrogens with zero attached hydrogens (tertiary/aromatic N) is 1. The second kappa shape index (κ2) is 9.87. The van der Waals surface area contributed by atoms with Crippen LogP contribution in [0.1, 0.15) is 15.9 Å². The standard InChI is InChI=1S/C22H18ClN3O3S/c23-20-13-4-5-14-21(20)26-30(28,29)19-12-6-11-18(16-19)22(27)25-24-15-7-10-17-8-2-1-3-9-17/h1-16,26H,(H,25,27)/b10-7+,24-15+. The number of hydrazone groups is 1. The van der Waals surface area contributed by atoms with Gasteiger partial charge >= 0.3 is 0 Å². The summed E-state index contributed by atoms with van der Waals surface area (Å²) in [6.45, 7) is 0. The summed E-state index contributed by atoms with van der Waals surface area (Å²) in [7, 11) is -3.92. The Bertz CT molecular complexity index is 1190. The Morgan fingerprint density at radius 3 is 2.43 bits per heavy atom. The van der Waals surface area contributed by atoms with Gasteiger partial charge in [-0.2, -0.15) is 5.10 Å². The van der Waals surface area contributed by atoms with Gasteiger partial charge in [-0.15, -0.1) is 0 Å². The topological polar surface area (TPSA) is 87.6 Å². The van der Waals surface area contributed by atoms with Crippen LogP contribution in [0.15, 0.2) is 94.9 Å². The van der Waals surface area contributed by atoms with Crippen molar-refractivity contribution in [1.29, 1.82) is 0 Å². The van der Waals surface area contributed by atoms with E-state index < -0.39 is 15.9 Å². The predicted octanol–water partition coefficient (Wildman–Crippen LogP) is 4.57. The minimum absolute atomic E-state index is 0.0666. The highest BCUT2D eigenvalue weighted by Crippen LogP contribution is 2.24. The van der Waals surface area contributed by atoms with E-state index >= 15 is 0 Å². The summed E-state index contributed by atoms with van der Waals surface area (Å²) in [6, 6.07) is 21.8. The maximum absolute atomic E-state index is 12.6. The lowest BCUT2D eigenvalue weighted by Crippen LogP contribution is -2.19. The van der Waals surface area contributed by atoms with E-state index in [1.807, 2.05) is 36.4 Å². The van der Waals surface area contributed by atoms with Gasteiger partial charge in [-0.25, -0.2) is 13.8 Å². The summed E-state index contributed by atoms with van der Waals surface area (Å²) in [5, 5.41) is 4.11. The molecule has 0 bridgehead atoms. The first-order valence-corrected chi connectivity index (χ1v) is 10.7. The predicted molar refractivity (Wildman–Crippen MR) is 120 cm³/mol. The largest absolute Gasteiger partial charge is 0.278 e. The Kier molecular flexibility index (Phi) is 7.00. The number of hydrogen-bond donors (Lipinski definition) is 2. The van der Waals surface area contributed by atoms with Gasteiger partial charge in [-0.05, 0) is 42.0 Å². The second-order valence-electron chi connectivity index (χ2n) is 6.10. The lowest BCUT2D eigenvalue weighted by molar-refractivity contribution is 0.0955. The molecule has 0 spiro atoms. The molecule has 0 aliphatic rings. The van der Waals surface area contributed by atoms with Crippen LogP contribution in [-0.2, 0) is 10.0 Å². The van der Waals surface area contributed by atoms with Crippen LogP contribution in [0, 0.1) is 0 Å². The number of carbonyl (C=O) groups is 1. The molecule has 0 radical (unpaired) electrons. The lowest BCUT2D eigenvalue weighted by Gasteiger charge is -2.10. The molecule has 0 heterocycles. The number of allylic oxidation sites excluding steroid dienone is 1. The Morgan fingerprint density at radius 2 is 1.67 bits per heavy atom. The maximum atomic E-state index is 12.6. The van der Waals surface area contributed by atoms with E-state index in [1.165, 1.54) is 30.5 Å². The molecule has 0 fully saturated rings. The van der Waals surface area contributed by atoms with Gasteiger partial charge in [0, 0.05) is 11.8 Å². The molecule has 3 rings (SSSR count). The van der Waals surface area contributed by atoms with Crippen LogP contribution in [0.3, 0.4) is 0 Å². The quantitative estimate of drug-likeness (QED) is 0.417. The molecule has 2 N–H and O–H groups in total. The van der Waals surface area contributed by atoms with Gasteiger partial charge in [0.05, 0.1) is 15.6 Å². The Balaban J connectivity index is 1.67. The number of nitrogens with one attached hydrogen (secondary N) is 2. The van der Waals surface area contributed by atoms with E-state index in [0.717, 1.165) is 5.56 Å². The molecule has 0 aliphatic heterocycles. The second-order valence-corrected chi connectivity index (χ2v) is 8.19. The van der Waals surface area contributed by atoms with Crippen molar-refractivity contribution >= 4 is 45.5 Å². The van der Waals surface area contributed by atoms with E-state index in [-0.39, 0.29) is 21.2 Å². The molecule has 0 aliphatic carbocycles. The fraction of sp³-hybridized carbons (Fsp3) is 0. The number of carbonyl (C=O) groups excluding carboxylic acids is 1. The van der Waals surface area contributed by atoms with Crippen molar-refractivity contribution < 1.29 is 13.2 Å². The first-order chi connectivity index (χ1) is 14.5. The highest BCUT2D eigenvalue weighted by Gasteiger charge is 2.17. The average Bonchev–Trinajstić information content (AvgIpc) is 2.76. The fourth-order valence-corrected chi connectivity index (χ4v) is 3.84. The first kappa shape index (κ1) is 21.3. The Morgan fingerprint density at radius 1 is 0.933 bits per heavy atom. The molecule has 1 amide bonds. The van der Waals surface area contributed by atoms with Gasteiger partial charge in [0.2, 0.25) is 0 Å². The van der Waals surface area contributed by atoms with Crippen molar-refractivity contribution in [3.8, 4) is 0 Å². The van der Waals surface area contributed by atoms with Crippen LogP contribution in [-0.4, -0.2) is 20.5 Å².